The van der Waals surface area contributed by atoms with Crippen molar-refractivity contribution in [3.63, 3.8) is 0 Å². The van der Waals surface area contributed by atoms with Gasteiger partial charge in [-0.3, -0.25) is 0 Å². The third-order valence-corrected chi connectivity index (χ3v) is 9.35. The van der Waals surface area contributed by atoms with Crippen LogP contribution in [-0.4, -0.2) is 15.0 Å². The van der Waals surface area contributed by atoms with Crippen molar-refractivity contribution in [1.29, 1.82) is 0 Å². The molecule has 7 aromatic carbocycles. The van der Waals surface area contributed by atoms with Crippen LogP contribution < -0.4 is 0 Å². The van der Waals surface area contributed by atoms with E-state index in [1.165, 1.54) is 27.1 Å². The molecular formula is C47H31N3. The molecule has 0 saturated heterocycles. The predicted molar refractivity (Wildman–Crippen MR) is 207 cm³/mol. The molecule has 0 aliphatic carbocycles. The van der Waals surface area contributed by atoms with Gasteiger partial charge in [-0.2, -0.15) is 0 Å². The highest BCUT2D eigenvalue weighted by atomic mass is 14.8. The summed E-state index contributed by atoms with van der Waals surface area (Å²) in [7, 11) is 0. The van der Waals surface area contributed by atoms with Crippen molar-refractivity contribution >= 4 is 21.5 Å². The van der Waals surface area contributed by atoms with Crippen LogP contribution in [0.25, 0.3) is 88.8 Å². The normalized spacial score (nSPS) is 11.2. The monoisotopic (exact) mass is 637 g/mol. The van der Waals surface area contributed by atoms with Gasteiger partial charge in [0.1, 0.15) is 0 Å². The number of pyridine rings is 1. The Kier molecular flexibility index (Phi) is 7.49. The lowest BCUT2D eigenvalue weighted by atomic mass is 9.89. The molecule has 3 heteroatoms. The maximum Gasteiger partial charge on any atom is 0.159 e. The van der Waals surface area contributed by atoms with Crippen LogP contribution in [-0.2, 0) is 0 Å². The third kappa shape index (κ3) is 5.61. The van der Waals surface area contributed by atoms with E-state index >= 15 is 0 Å². The summed E-state index contributed by atoms with van der Waals surface area (Å²) in [6.07, 6.45) is 3.56. The number of rotatable bonds is 6. The van der Waals surface area contributed by atoms with Gasteiger partial charge in [-0.25, -0.2) is 15.0 Å². The smallest absolute Gasteiger partial charge is 0.159 e. The zero-order chi connectivity index (χ0) is 33.3. The summed E-state index contributed by atoms with van der Waals surface area (Å²) in [6.45, 7) is 0. The fourth-order valence-corrected chi connectivity index (χ4v) is 6.88. The Labute approximate surface area is 291 Å². The lowest BCUT2D eigenvalue weighted by molar-refractivity contribution is 1.18. The lowest BCUT2D eigenvalue weighted by Gasteiger charge is -2.16. The van der Waals surface area contributed by atoms with Crippen LogP contribution in [0.3, 0.4) is 0 Å². The van der Waals surface area contributed by atoms with E-state index in [4.69, 9.17) is 4.98 Å². The minimum absolute atomic E-state index is 0.717. The second-order valence-corrected chi connectivity index (χ2v) is 12.5. The average Bonchev–Trinajstić information content (AvgIpc) is 3.21. The molecule has 0 N–H and O–H groups in total. The van der Waals surface area contributed by atoms with Gasteiger partial charge >= 0.3 is 0 Å². The van der Waals surface area contributed by atoms with Gasteiger partial charge in [0.05, 0.1) is 11.4 Å². The van der Waals surface area contributed by atoms with Crippen molar-refractivity contribution in [3.05, 3.63) is 188 Å². The molecule has 0 spiro atoms. The molecule has 3 nitrogen and oxygen atoms in total. The molecule has 0 radical (unpaired) electrons. The van der Waals surface area contributed by atoms with Crippen molar-refractivity contribution in [1.82, 2.24) is 15.0 Å². The van der Waals surface area contributed by atoms with Crippen LogP contribution in [0, 0.1) is 0 Å². The van der Waals surface area contributed by atoms with Crippen LogP contribution in [0.15, 0.2) is 188 Å². The average molecular weight is 638 g/mol. The molecule has 0 unspecified atom stereocenters. The largest absolute Gasteiger partial charge is 0.248 e. The summed E-state index contributed by atoms with van der Waals surface area (Å²) in [6, 6.07) is 62.4. The van der Waals surface area contributed by atoms with E-state index in [9.17, 15) is 0 Å². The molecule has 0 atom stereocenters. The van der Waals surface area contributed by atoms with Gasteiger partial charge in [0.2, 0.25) is 0 Å². The van der Waals surface area contributed by atoms with Crippen molar-refractivity contribution in [3.8, 4) is 67.3 Å². The van der Waals surface area contributed by atoms with Crippen molar-refractivity contribution in [2.45, 2.75) is 0 Å². The molecule has 9 aromatic rings. The highest BCUT2D eigenvalue weighted by Crippen LogP contribution is 2.40. The summed E-state index contributed by atoms with van der Waals surface area (Å²) >= 11 is 0. The summed E-state index contributed by atoms with van der Waals surface area (Å²) in [5.41, 5.74) is 11.9. The van der Waals surface area contributed by atoms with Gasteiger partial charge in [-0.05, 0) is 97.4 Å². The maximum atomic E-state index is 5.16. The second kappa shape index (κ2) is 12.7. The number of hydrogen-bond acceptors (Lipinski definition) is 3. The molecule has 0 fully saturated rings. The zero-order valence-electron chi connectivity index (χ0n) is 27.2. The van der Waals surface area contributed by atoms with Gasteiger partial charge in [0.25, 0.3) is 0 Å². The third-order valence-electron chi connectivity index (χ3n) is 9.35. The van der Waals surface area contributed by atoms with Gasteiger partial charge < -0.3 is 0 Å². The van der Waals surface area contributed by atoms with Gasteiger partial charge in [-0.15, -0.1) is 0 Å². The van der Waals surface area contributed by atoms with Gasteiger partial charge in [0, 0.05) is 29.1 Å². The quantitative estimate of drug-likeness (QED) is 0.170. The minimum Gasteiger partial charge on any atom is -0.248 e. The van der Waals surface area contributed by atoms with E-state index in [1.807, 2.05) is 18.2 Å². The molecule has 234 valence electrons. The van der Waals surface area contributed by atoms with E-state index in [0.29, 0.717) is 0 Å². The molecule has 0 bridgehead atoms. The molecule has 0 amide bonds. The van der Waals surface area contributed by atoms with Crippen LogP contribution in [0.2, 0.25) is 0 Å². The van der Waals surface area contributed by atoms with Crippen LogP contribution in [0.1, 0.15) is 0 Å². The number of aromatic nitrogens is 3. The first-order chi connectivity index (χ1) is 24.8. The fraction of sp³-hybridized carbons (Fsp3) is 0. The lowest BCUT2D eigenvalue weighted by Crippen LogP contribution is -1.93. The second-order valence-electron chi connectivity index (χ2n) is 12.5. The zero-order valence-corrected chi connectivity index (χ0v) is 27.2. The maximum absolute atomic E-state index is 5.16. The molecule has 0 aliphatic heterocycles. The van der Waals surface area contributed by atoms with E-state index in [1.54, 1.807) is 12.4 Å². The highest BCUT2D eigenvalue weighted by molar-refractivity contribution is 6.14. The first-order valence-corrected chi connectivity index (χ1v) is 16.8. The Balaban J connectivity index is 1.28. The standard InChI is InChI=1S/C47H31N3/c1-3-12-33(13-4-1)45-30-39(31-46(50-45)34-14-5-2-6-15-34)38-26-37(32-20-22-35(23-21-32)47-48-24-11-25-49-47)27-40(28-38)44-29-36-16-7-8-17-41(36)42-18-9-10-19-43(42)44/h1-31H. The molecule has 2 aromatic heterocycles. The molecule has 2 heterocycles. The predicted octanol–water partition coefficient (Wildman–Crippen LogP) is 12.2. The topological polar surface area (TPSA) is 38.7 Å². The SMILES string of the molecule is c1ccc(-c2cc(-c3cc(-c4ccc(-c5ncccn5)cc4)cc(-c4cc5ccccc5c5ccccc45)c3)cc(-c3ccccc3)n2)cc1. The van der Waals surface area contributed by atoms with Gasteiger partial charge in [0.15, 0.2) is 5.82 Å². The molecule has 0 aliphatic rings. The van der Waals surface area contributed by atoms with E-state index < -0.39 is 0 Å². The van der Waals surface area contributed by atoms with Gasteiger partial charge in [-0.1, -0.05) is 133 Å². The first kappa shape index (κ1) is 29.4. The fourth-order valence-electron chi connectivity index (χ4n) is 6.88. The molecule has 9 rings (SSSR count). The number of fused-ring (bicyclic) bond motifs is 3. The van der Waals surface area contributed by atoms with E-state index in [0.717, 1.165) is 61.7 Å². The summed E-state index contributed by atoms with van der Waals surface area (Å²) < 4.78 is 0. The Morgan fingerprint density at radius 3 is 1.46 bits per heavy atom. The Bertz CT molecular complexity index is 2560. The first-order valence-electron chi connectivity index (χ1n) is 16.8. The Morgan fingerprint density at radius 1 is 0.300 bits per heavy atom. The Morgan fingerprint density at radius 2 is 0.800 bits per heavy atom. The minimum atomic E-state index is 0.717. The summed E-state index contributed by atoms with van der Waals surface area (Å²) in [5, 5.41) is 4.97. The van der Waals surface area contributed by atoms with Crippen molar-refractivity contribution < 1.29 is 0 Å². The van der Waals surface area contributed by atoms with Crippen molar-refractivity contribution in [2.75, 3.05) is 0 Å². The van der Waals surface area contributed by atoms with E-state index in [-0.39, 0.29) is 0 Å². The van der Waals surface area contributed by atoms with Crippen LogP contribution in [0.5, 0.6) is 0 Å². The highest BCUT2D eigenvalue weighted by Gasteiger charge is 2.15. The Hall–Kier alpha value is -6.71. The molecule has 0 saturated carbocycles. The van der Waals surface area contributed by atoms with Crippen LogP contribution in [0.4, 0.5) is 0 Å². The molecular weight excluding hydrogens is 607 g/mol. The molecule has 50 heavy (non-hydrogen) atoms. The van der Waals surface area contributed by atoms with Crippen molar-refractivity contribution in [2.24, 2.45) is 0 Å². The number of benzene rings is 7. The van der Waals surface area contributed by atoms with Crippen LogP contribution >= 0.6 is 0 Å². The van der Waals surface area contributed by atoms with E-state index in [2.05, 4.69) is 168 Å². The number of hydrogen-bond donors (Lipinski definition) is 0. The summed E-state index contributed by atoms with van der Waals surface area (Å²) in [5.74, 6) is 0.717. The summed E-state index contributed by atoms with van der Waals surface area (Å²) in [4.78, 5) is 14.1. The number of nitrogens with zero attached hydrogens (tertiary/aromatic N) is 3.